The van der Waals surface area contributed by atoms with Crippen molar-refractivity contribution in [1.82, 2.24) is 4.90 Å². The Kier molecular flexibility index (Phi) is 4.61. The van der Waals surface area contributed by atoms with Crippen LogP contribution in [-0.4, -0.2) is 44.3 Å². The van der Waals surface area contributed by atoms with Gasteiger partial charge in [-0.15, -0.1) is 0 Å². The molecule has 0 spiro atoms. The number of hydrogen-bond acceptors (Lipinski definition) is 5. The topological polar surface area (TPSA) is 51.9 Å². The molecule has 0 N–H and O–H groups in total. The zero-order valence-electron chi connectivity index (χ0n) is 11.7. The fourth-order valence-corrected chi connectivity index (χ4v) is 2.48. The van der Waals surface area contributed by atoms with Crippen molar-refractivity contribution < 1.29 is 18.7 Å². The highest BCUT2D eigenvalue weighted by atomic mass is 16.5. The second-order valence-electron chi connectivity index (χ2n) is 4.86. The lowest BCUT2D eigenvalue weighted by atomic mass is 10.1. The van der Waals surface area contributed by atoms with Crippen molar-refractivity contribution in [3.05, 3.63) is 23.7 Å². The first-order valence-corrected chi connectivity index (χ1v) is 6.60. The van der Waals surface area contributed by atoms with E-state index in [4.69, 9.17) is 9.15 Å². The molecule has 5 nitrogen and oxygen atoms in total. The van der Waals surface area contributed by atoms with Crippen LogP contribution in [0.4, 0.5) is 0 Å². The maximum absolute atomic E-state index is 11.4. The number of piperidine rings is 1. The molecule has 0 saturated carbocycles. The van der Waals surface area contributed by atoms with E-state index in [1.54, 1.807) is 13.2 Å². The van der Waals surface area contributed by atoms with Crippen LogP contribution in [0.15, 0.2) is 16.5 Å². The van der Waals surface area contributed by atoms with E-state index in [0.29, 0.717) is 0 Å². The van der Waals surface area contributed by atoms with Gasteiger partial charge in [0.2, 0.25) is 5.76 Å². The van der Waals surface area contributed by atoms with E-state index in [1.165, 1.54) is 7.11 Å². The summed E-state index contributed by atoms with van der Waals surface area (Å²) in [5, 5.41) is 0. The van der Waals surface area contributed by atoms with Crippen LogP contribution in [0, 0.1) is 0 Å². The predicted molar refractivity (Wildman–Crippen MR) is 70.1 cm³/mol. The molecule has 2 atom stereocenters. The molecule has 1 fully saturated rings. The van der Waals surface area contributed by atoms with Crippen molar-refractivity contribution in [1.29, 1.82) is 0 Å². The molecule has 0 aliphatic carbocycles. The summed E-state index contributed by atoms with van der Waals surface area (Å²) in [6, 6.07) is 3.64. The van der Waals surface area contributed by atoms with Gasteiger partial charge in [0, 0.05) is 13.7 Å². The Morgan fingerprint density at radius 3 is 2.95 bits per heavy atom. The molecule has 0 bridgehead atoms. The molecule has 5 heteroatoms. The monoisotopic (exact) mass is 267 g/mol. The van der Waals surface area contributed by atoms with Crippen molar-refractivity contribution in [2.24, 2.45) is 0 Å². The zero-order valence-corrected chi connectivity index (χ0v) is 11.7. The smallest absolute Gasteiger partial charge is 0.373 e. The average molecular weight is 267 g/mol. The highest BCUT2D eigenvalue weighted by Crippen LogP contribution is 2.26. The summed E-state index contributed by atoms with van der Waals surface area (Å²) in [4.78, 5) is 13.7. The average Bonchev–Trinajstić information content (AvgIpc) is 2.95. The summed E-state index contributed by atoms with van der Waals surface area (Å²) in [6.45, 7) is 4.00. The molecule has 1 aromatic heterocycles. The van der Waals surface area contributed by atoms with Crippen LogP contribution < -0.4 is 0 Å². The summed E-state index contributed by atoms with van der Waals surface area (Å²) >= 11 is 0. The van der Waals surface area contributed by atoms with Gasteiger partial charge in [-0.25, -0.2) is 4.79 Å². The van der Waals surface area contributed by atoms with Crippen molar-refractivity contribution >= 4 is 5.97 Å². The molecule has 0 amide bonds. The largest absolute Gasteiger partial charge is 0.463 e. The molecule has 1 aliphatic heterocycles. The van der Waals surface area contributed by atoms with E-state index in [-0.39, 0.29) is 17.9 Å². The lowest BCUT2D eigenvalue weighted by molar-refractivity contribution is 0.0133. The molecular formula is C14H21NO4. The fraction of sp³-hybridized carbons (Fsp3) is 0.643. The third kappa shape index (κ3) is 3.16. The van der Waals surface area contributed by atoms with Crippen LogP contribution in [0.2, 0.25) is 0 Å². The number of esters is 1. The fourth-order valence-electron chi connectivity index (χ4n) is 2.48. The second-order valence-corrected chi connectivity index (χ2v) is 4.86. The van der Waals surface area contributed by atoms with Gasteiger partial charge in [0.15, 0.2) is 0 Å². The Balaban J connectivity index is 2.04. The highest BCUT2D eigenvalue weighted by molar-refractivity contribution is 5.86. The maximum Gasteiger partial charge on any atom is 0.373 e. The van der Waals surface area contributed by atoms with Crippen LogP contribution in [0.5, 0.6) is 0 Å². The Hall–Kier alpha value is -1.33. The number of likely N-dealkylation sites (tertiary alicyclic amines) is 1. The maximum atomic E-state index is 11.4. The molecule has 0 aromatic carbocycles. The molecular weight excluding hydrogens is 246 g/mol. The number of rotatable bonds is 4. The zero-order chi connectivity index (χ0) is 13.8. The van der Waals surface area contributed by atoms with E-state index < -0.39 is 5.97 Å². The van der Waals surface area contributed by atoms with Gasteiger partial charge in [-0.05, 0) is 38.4 Å². The molecule has 2 heterocycles. The van der Waals surface area contributed by atoms with Crippen LogP contribution >= 0.6 is 0 Å². The van der Waals surface area contributed by atoms with E-state index in [9.17, 15) is 4.79 Å². The molecule has 0 radical (unpaired) electrons. The first kappa shape index (κ1) is 14.1. The minimum atomic E-state index is -0.438. The minimum absolute atomic E-state index is 0.136. The Bertz CT molecular complexity index is 429. The van der Waals surface area contributed by atoms with Gasteiger partial charge in [0.25, 0.3) is 0 Å². The van der Waals surface area contributed by atoms with Gasteiger partial charge >= 0.3 is 5.97 Å². The quantitative estimate of drug-likeness (QED) is 0.783. The Labute approximate surface area is 113 Å². The summed E-state index contributed by atoms with van der Waals surface area (Å²) in [6.07, 6.45) is 2.50. The van der Waals surface area contributed by atoms with Gasteiger partial charge in [0.05, 0.1) is 19.3 Å². The van der Waals surface area contributed by atoms with Crippen molar-refractivity contribution in [3.63, 3.8) is 0 Å². The van der Waals surface area contributed by atoms with Gasteiger partial charge in [-0.2, -0.15) is 0 Å². The molecule has 2 rings (SSSR count). The molecule has 1 saturated heterocycles. The third-order valence-corrected chi connectivity index (χ3v) is 3.72. The number of carbonyl (C=O) groups is 1. The number of carbonyl (C=O) groups excluding carboxylic acids is 1. The summed E-state index contributed by atoms with van der Waals surface area (Å²) in [5.74, 6) is 0.605. The Morgan fingerprint density at radius 1 is 1.47 bits per heavy atom. The van der Waals surface area contributed by atoms with E-state index in [2.05, 4.69) is 16.6 Å². The van der Waals surface area contributed by atoms with E-state index in [0.717, 1.165) is 31.7 Å². The first-order chi connectivity index (χ1) is 9.15. The predicted octanol–water partition coefficient (Wildman–Crippen LogP) is 2.24. The van der Waals surface area contributed by atoms with Crippen LogP contribution in [-0.2, 0) is 9.47 Å². The number of hydrogen-bond donors (Lipinski definition) is 0. The standard InChI is InChI=1S/C14H21NO4/c1-10(15-8-4-5-11(9-15)17-2)12-6-7-13(19-12)14(16)18-3/h6-7,10-11H,4-5,8-9H2,1-3H3. The lowest BCUT2D eigenvalue weighted by Gasteiger charge is -2.35. The minimum Gasteiger partial charge on any atom is -0.463 e. The molecule has 1 aromatic rings. The highest BCUT2D eigenvalue weighted by Gasteiger charge is 2.26. The molecule has 2 unspecified atom stereocenters. The summed E-state index contributed by atoms with van der Waals surface area (Å²) < 4.78 is 15.6. The normalized spacial score (nSPS) is 22.2. The van der Waals surface area contributed by atoms with Crippen LogP contribution in [0.25, 0.3) is 0 Å². The number of ether oxygens (including phenoxy) is 2. The van der Waals surface area contributed by atoms with Gasteiger partial charge in [-0.3, -0.25) is 4.90 Å². The molecule has 19 heavy (non-hydrogen) atoms. The van der Waals surface area contributed by atoms with E-state index >= 15 is 0 Å². The molecule has 1 aliphatic rings. The van der Waals surface area contributed by atoms with Crippen LogP contribution in [0.3, 0.4) is 0 Å². The number of methoxy groups -OCH3 is 2. The van der Waals surface area contributed by atoms with Crippen molar-refractivity contribution in [2.45, 2.75) is 31.9 Å². The van der Waals surface area contributed by atoms with Gasteiger partial charge < -0.3 is 13.9 Å². The van der Waals surface area contributed by atoms with E-state index in [1.807, 2.05) is 6.07 Å². The second kappa shape index (κ2) is 6.21. The first-order valence-electron chi connectivity index (χ1n) is 6.60. The third-order valence-electron chi connectivity index (χ3n) is 3.72. The number of nitrogens with zero attached hydrogens (tertiary/aromatic N) is 1. The summed E-state index contributed by atoms with van der Waals surface area (Å²) in [5.41, 5.74) is 0. The molecule has 106 valence electrons. The van der Waals surface area contributed by atoms with Crippen LogP contribution in [0.1, 0.15) is 42.1 Å². The number of furan rings is 1. The van der Waals surface area contributed by atoms with Gasteiger partial charge in [0.1, 0.15) is 5.76 Å². The summed E-state index contributed by atoms with van der Waals surface area (Å²) in [7, 11) is 3.10. The Morgan fingerprint density at radius 2 is 2.26 bits per heavy atom. The lowest BCUT2D eigenvalue weighted by Crippen LogP contribution is -2.40. The van der Waals surface area contributed by atoms with Crippen molar-refractivity contribution in [3.8, 4) is 0 Å². The van der Waals surface area contributed by atoms with Gasteiger partial charge in [-0.1, -0.05) is 0 Å². The SMILES string of the molecule is COC(=O)c1ccc(C(C)N2CCCC(OC)C2)o1. The van der Waals surface area contributed by atoms with Crippen molar-refractivity contribution in [2.75, 3.05) is 27.3 Å².